The maximum absolute atomic E-state index is 4.25. The topological polar surface area (TPSA) is 37.8 Å². The van der Waals surface area contributed by atoms with Crippen LogP contribution in [0.25, 0.3) is 0 Å². The van der Waals surface area contributed by atoms with Crippen molar-refractivity contribution in [1.82, 2.24) is 14.9 Å². The highest BCUT2D eigenvalue weighted by Crippen LogP contribution is 2.25. The second-order valence-electron chi connectivity index (χ2n) is 4.16. The van der Waals surface area contributed by atoms with E-state index in [9.17, 15) is 0 Å². The van der Waals surface area contributed by atoms with Crippen molar-refractivity contribution >= 4 is 11.5 Å². The van der Waals surface area contributed by atoms with Gasteiger partial charge in [0, 0.05) is 6.04 Å². The molecule has 0 spiro atoms. The Morgan fingerprint density at radius 2 is 2.29 bits per heavy atom. The number of hydrogen-bond acceptors (Lipinski definition) is 4. The Kier molecular flexibility index (Phi) is 7.05. The zero-order chi connectivity index (χ0) is 12.5. The van der Waals surface area contributed by atoms with Crippen LogP contribution >= 0.6 is 11.5 Å². The summed E-state index contributed by atoms with van der Waals surface area (Å²) in [4.78, 5) is 1.33. The van der Waals surface area contributed by atoms with E-state index in [1.54, 1.807) is 11.5 Å². The molecule has 1 aromatic heterocycles. The van der Waals surface area contributed by atoms with E-state index in [0.717, 1.165) is 32.2 Å². The highest BCUT2D eigenvalue weighted by atomic mass is 32.1. The molecule has 0 amide bonds. The molecule has 3 nitrogen and oxygen atoms in total. The van der Waals surface area contributed by atoms with Gasteiger partial charge >= 0.3 is 0 Å². The average molecular weight is 253 g/mol. The molecule has 1 heterocycles. The van der Waals surface area contributed by atoms with E-state index < -0.39 is 0 Å². The quantitative estimate of drug-likeness (QED) is 0.540. The van der Waals surface area contributed by atoms with E-state index in [0.29, 0.717) is 6.04 Å². The third kappa shape index (κ3) is 4.56. The van der Waals surface area contributed by atoms with Crippen LogP contribution in [0.3, 0.4) is 0 Å². The van der Waals surface area contributed by atoms with Gasteiger partial charge in [0.2, 0.25) is 0 Å². The minimum atomic E-state index is 0.418. The first-order valence-electron chi connectivity index (χ1n) is 6.48. The van der Waals surface area contributed by atoms with Crippen LogP contribution in [0.15, 0.2) is 12.7 Å². The maximum atomic E-state index is 4.25. The zero-order valence-corrected chi connectivity index (χ0v) is 11.7. The fourth-order valence-corrected chi connectivity index (χ4v) is 2.73. The van der Waals surface area contributed by atoms with Gasteiger partial charge in [-0.05, 0) is 43.8 Å². The van der Waals surface area contributed by atoms with Crippen LogP contribution < -0.4 is 5.32 Å². The highest BCUT2D eigenvalue weighted by molar-refractivity contribution is 7.05. The van der Waals surface area contributed by atoms with Crippen molar-refractivity contribution in [3.63, 3.8) is 0 Å². The molecule has 17 heavy (non-hydrogen) atoms. The Hall–Kier alpha value is -0.740. The first-order valence-corrected chi connectivity index (χ1v) is 7.26. The van der Waals surface area contributed by atoms with Crippen LogP contribution in [0.1, 0.15) is 56.1 Å². The lowest BCUT2D eigenvalue weighted by Crippen LogP contribution is -2.21. The number of aryl methyl sites for hydroxylation is 1. The molecule has 0 saturated carbocycles. The molecule has 0 aliphatic carbocycles. The molecule has 4 heteroatoms. The monoisotopic (exact) mass is 253 g/mol. The Morgan fingerprint density at radius 1 is 1.47 bits per heavy atom. The van der Waals surface area contributed by atoms with Gasteiger partial charge in [-0.1, -0.05) is 30.8 Å². The lowest BCUT2D eigenvalue weighted by atomic mass is 10.0. The predicted molar refractivity (Wildman–Crippen MR) is 74.4 cm³/mol. The average Bonchev–Trinajstić information content (AvgIpc) is 2.77. The van der Waals surface area contributed by atoms with Gasteiger partial charge in [0.25, 0.3) is 0 Å². The number of nitrogens with one attached hydrogen (secondary N) is 1. The normalized spacial score (nSPS) is 12.6. The van der Waals surface area contributed by atoms with Crippen LogP contribution in [0, 0.1) is 0 Å². The molecule has 96 valence electrons. The minimum absolute atomic E-state index is 0.418. The zero-order valence-electron chi connectivity index (χ0n) is 10.9. The fraction of sp³-hybridized carbons (Fsp3) is 0.692. The minimum Gasteiger partial charge on any atom is -0.309 e. The molecule has 0 radical (unpaired) electrons. The first-order chi connectivity index (χ1) is 8.33. The second kappa shape index (κ2) is 8.37. The molecule has 0 aliphatic heterocycles. The summed E-state index contributed by atoms with van der Waals surface area (Å²) >= 11 is 1.55. The number of rotatable bonds is 9. The first kappa shape index (κ1) is 14.3. The van der Waals surface area contributed by atoms with Crippen molar-refractivity contribution in [3.05, 3.63) is 23.2 Å². The lowest BCUT2D eigenvalue weighted by molar-refractivity contribution is 0.502. The van der Waals surface area contributed by atoms with E-state index in [-0.39, 0.29) is 0 Å². The molecule has 0 bridgehead atoms. The van der Waals surface area contributed by atoms with Crippen molar-refractivity contribution in [1.29, 1.82) is 0 Å². The molecule has 0 saturated heterocycles. The molecule has 1 N–H and O–H groups in total. The summed E-state index contributed by atoms with van der Waals surface area (Å²) in [5.74, 6) is 0. The van der Waals surface area contributed by atoms with Crippen molar-refractivity contribution in [2.45, 2.75) is 52.0 Å². The van der Waals surface area contributed by atoms with Crippen LogP contribution in [-0.2, 0) is 6.42 Å². The summed E-state index contributed by atoms with van der Waals surface area (Å²) in [6, 6.07) is 0.418. The summed E-state index contributed by atoms with van der Waals surface area (Å²) < 4.78 is 4.10. The van der Waals surface area contributed by atoms with Crippen molar-refractivity contribution < 1.29 is 0 Å². The third-order valence-electron chi connectivity index (χ3n) is 2.74. The number of allylic oxidation sites excluding steroid dienone is 1. The summed E-state index contributed by atoms with van der Waals surface area (Å²) in [5.41, 5.74) is 1.18. The fourth-order valence-electron chi connectivity index (χ4n) is 1.93. The predicted octanol–water partition coefficient (Wildman–Crippen LogP) is 3.50. The van der Waals surface area contributed by atoms with Crippen molar-refractivity contribution in [3.8, 4) is 0 Å². The summed E-state index contributed by atoms with van der Waals surface area (Å²) in [6.45, 7) is 9.09. The Morgan fingerprint density at radius 3 is 2.94 bits per heavy atom. The molecule has 1 rings (SSSR count). The van der Waals surface area contributed by atoms with Gasteiger partial charge in [-0.2, -0.15) is 0 Å². The SMILES string of the molecule is C=CCCCC(NCC)c1snnc1CCC. The van der Waals surface area contributed by atoms with E-state index in [2.05, 4.69) is 35.3 Å². The van der Waals surface area contributed by atoms with Gasteiger partial charge in [0.1, 0.15) is 0 Å². The highest BCUT2D eigenvalue weighted by Gasteiger charge is 2.17. The maximum Gasteiger partial charge on any atom is 0.0803 e. The lowest BCUT2D eigenvalue weighted by Gasteiger charge is -2.16. The van der Waals surface area contributed by atoms with Gasteiger partial charge in [0.15, 0.2) is 0 Å². The molecule has 1 aromatic rings. The number of nitrogens with zero attached hydrogens (tertiary/aromatic N) is 2. The van der Waals surface area contributed by atoms with E-state index >= 15 is 0 Å². The molecule has 1 unspecified atom stereocenters. The smallest absolute Gasteiger partial charge is 0.0803 e. The third-order valence-corrected chi connectivity index (χ3v) is 3.62. The number of aromatic nitrogens is 2. The van der Waals surface area contributed by atoms with Crippen LogP contribution in [0.2, 0.25) is 0 Å². The summed E-state index contributed by atoms with van der Waals surface area (Å²) in [6.07, 6.45) is 7.54. The molecular formula is C13H23N3S. The van der Waals surface area contributed by atoms with Crippen molar-refractivity contribution in [2.24, 2.45) is 0 Å². The number of unbranched alkanes of at least 4 members (excludes halogenated alkanes) is 1. The van der Waals surface area contributed by atoms with Gasteiger partial charge in [-0.3, -0.25) is 0 Å². The van der Waals surface area contributed by atoms with Gasteiger partial charge in [-0.25, -0.2) is 0 Å². The van der Waals surface area contributed by atoms with Crippen LogP contribution in [0.4, 0.5) is 0 Å². The summed E-state index contributed by atoms with van der Waals surface area (Å²) in [5, 5.41) is 7.78. The molecule has 1 atom stereocenters. The molecular weight excluding hydrogens is 230 g/mol. The van der Waals surface area contributed by atoms with Gasteiger partial charge < -0.3 is 5.32 Å². The largest absolute Gasteiger partial charge is 0.309 e. The standard InChI is InChI=1S/C13H23N3S/c1-4-7-8-10-11(14-6-3)13-12(9-5-2)15-16-17-13/h4,11,14H,1,5-10H2,2-3H3. The molecule has 0 aromatic carbocycles. The Bertz CT molecular complexity index is 322. The summed E-state index contributed by atoms with van der Waals surface area (Å²) in [7, 11) is 0. The van der Waals surface area contributed by atoms with Crippen LogP contribution in [-0.4, -0.2) is 16.1 Å². The molecule has 0 fully saturated rings. The van der Waals surface area contributed by atoms with E-state index in [1.807, 2.05) is 6.08 Å². The van der Waals surface area contributed by atoms with Crippen molar-refractivity contribution in [2.75, 3.05) is 6.54 Å². The van der Waals surface area contributed by atoms with E-state index in [1.165, 1.54) is 17.0 Å². The Labute approximate surface area is 108 Å². The van der Waals surface area contributed by atoms with E-state index in [4.69, 9.17) is 0 Å². The number of hydrogen-bond donors (Lipinski definition) is 1. The van der Waals surface area contributed by atoms with Gasteiger partial charge in [-0.15, -0.1) is 11.7 Å². The van der Waals surface area contributed by atoms with Crippen LogP contribution in [0.5, 0.6) is 0 Å². The molecule has 0 aliphatic rings. The van der Waals surface area contributed by atoms with Gasteiger partial charge in [0.05, 0.1) is 10.6 Å². The Balaban J connectivity index is 2.66. The second-order valence-corrected chi connectivity index (χ2v) is 4.95.